The van der Waals surface area contributed by atoms with E-state index in [0.29, 0.717) is 16.9 Å². The number of halogens is 9. The summed E-state index contributed by atoms with van der Waals surface area (Å²) in [5.74, 6) is -4.74. The average Bonchev–Trinajstić information content (AvgIpc) is 3.94. The van der Waals surface area contributed by atoms with Gasteiger partial charge in [0.25, 0.3) is 0 Å². The van der Waals surface area contributed by atoms with E-state index in [1.165, 1.54) is 36.7 Å². The van der Waals surface area contributed by atoms with Crippen LogP contribution in [0.15, 0.2) is 79.5 Å². The Labute approximate surface area is 289 Å². The fraction of sp³-hybridized carbons (Fsp3) is 0.125. The third kappa shape index (κ3) is 7.25. The van der Waals surface area contributed by atoms with E-state index in [1.807, 2.05) is 5.10 Å². The first-order valence-electron chi connectivity index (χ1n) is 15.1. The van der Waals surface area contributed by atoms with Gasteiger partial charge < -0.3 is 4.40 Å². The topological polar surface area (TPSA) is 144 Å². The number of H-pyrrole nitrogens is 2. The van der Waals surface area contributed by atoms with E-state index in [4.69, 9.17) is 0 Å². The molecule has 0 unspecified atom stereocenters. The maximum Gasteiger partial charge on any atom is 0.451 e. The predicted octanol–water partition coefficient (Wildman–Crippen LogP) is 6.67. The van der Waals surface area contributed by atoms with E-state index in [0.717, 1.165) is 16.8 Å². The Kier molecular flexibility index (Phi) is 8.83. The van der Waals surface area contributed by atoms with Crippen molar-refractivity contribution >= 4 is 11.3 Å². The molecular weight excluding hydrogens is 723 g/mol. The monoisotopic (exact) mass is 742 g/mol. The fourth-order valence-corrected chi connectivity index (χ4v) is 5.12. The Hall–Kier alpha value is -6.67. The summed E-state index contributed by atoms with van der Waals surface area (Å²) in [7, 11) is 0. The molecule has 0 atom stereocenters. The van der Waals surface area contributed by atoms with Gasteiger partial charge in [-0.25, -0.2) is 38.7 Å². The van der Waals surface area contributed by atoms with Crippen molar-refractivity contribution in [3.63, 3.8) is 0 Å². The van der Waals surface area contributed by atoms with Crippen LogP contribution in [0.4, 0.5) is 39.5 Å². The van der Waals surface area contributed by atoms with Gasteiger partial charge in [0, 0.05) is 37.6 Å². The second-order valence-electron chi connectivity index (χ2n) is 11.1. The number of nitrogens with zero attached hydrogens (tertiary/aromatic N) is 10. The third-order valence-corrected chi connectivity index (χ3v) is 7.56. The minimum atomic E-state index is -4.72. The van der Waals surface area contributed by atoms with E-state index in [1.54, 1.807) is 40.0 Å². The van der Waals surface area contributed by atoms with Crippen molar-refractivity contribution in [2.45, 2.75) is 25.2 Å². The van der Waals surface area contributed by atoms with Gasteiger partial charge in [0.15, 0.2) is 11.3 Å². The zero-order valence-corrected chi connectivity index (χ0v) is 26.3. The molecule has 0 bridgehead atoms. The molecular formula is C32H19F9N12. The van der Waals surface area contributed by atoms with Gasteiger partial charge in [0.2, 0.25) is 29.2 Å². The van der Waals surface area contributed by atoms with Gasteiger partial charge in [0.1, 0.15) is 23.0 Å². The van der Waals surface area contributed by atoms with E-state index in [9.17, 15) is 39.5 Å². The van der Waals surface area contributed by atoms with Crippen molar-refractivity contribution in [1.82, 2.24) is 59.1 Å². The second-order valence-corrected chi connectivity index (χ2v) is 11.1. The SMILES string of the molecule is Fc1ccccc1Cc1nc(-c2n[nH]c(C(F)(F)F)n2)cn2c(F)cnc12.Fc1ccccc1Cc1nc(-c2n[nH]c(C(F)(F)F)n2)cn2ccnc12. The Morgan fingerprint density at radius 2 is 1.11 bits per heavy atom. The number of alkyl halides is 6. The van der Waals surface area contributed by atoms with Gasteiger partial charge in [-0.2, -0.15) is 40.9 Å². The number of aromatic amines is 2. The molecule has 0 amide bonds. The summed E-state index contributed by atoms with van der Waals surface area (Å²) >= 11 is 0. The quantitative estimate of drug-likeness (QED) is 0.180. The molecule has 21 heteroatoms. The first-order valence-corrected chi connectivity index (χ1v) is 15.1. The largest absolute Gasteiger partial charge is 0.451 e. The number of hydrogen-bond acceptors (Lipinski definition) is 8. The summed E-state index contributed by atoms with van der Waals surface area (Å²) in [6.07, 6.45) is -2.61. The highest BCUT2D eigenvalue weighted by Crippen LogP contribution is 2.29. The second kappa shape index (κ2) is 13.5. The summed E-state index contributed by atoms with van der Waals surface area (Å²) in [5.41, 5.74) is 1.84. The lowest BCUT2D eigenvalue weighted by atomic mass is 10.1. The van der Waals surface area contributed by atoms with E-state index < -0.39 is 41.6 Å². The molecule has 6 aromatic heterocycles. The van der Waals surface area contributed by atoms with Crippen LogP contribution in [0.2, 0.25) is 0 Å². The highest BCUT2D eigenvalue weighted by atomic mass is 19.4. The Bertz CT molecular complexity index is 2570. The van der Waals surface area contributed by atoms with Gasteiger partial charge >= 0.3 is 12.4 Å². The lowest BCUT2D eigenvalue weighted by Crippen LogP contribution is -2.07. The summed E-state index contributed by atoms with van der Waals surface area (Å²) < 4.78 is 121. The fourth-order valence-electron chi connectivity index (χ4n) is 5.12. The van der Waals surface area contributed by atoms with Gasteiger partial charge in [0.05, 0.1) is 17.6 Å². The van der Waals surface area contributed by atoms with Crippen LogP contribution in [0.25, 0.3) is 34.3 Å². The van der Waals surface area contributed by atoms with Crippen molar-refractivity contribution < 1.29 is 39.5 Å². The standard InChI is InChI=1S/C16H9F5N6.C16H10F4N6/c17-9-4-2-1-3-8(9)5-10-14-22-6-12(18)27(14)7-11(23-10)13-24-15(26-25-13)16(19,20)21;17-10-4-2-1-3-9(10)7-11-14-21-5-6-26(14)8-12(22-11)13-23-15(25-24-13)16(18,19)20/h1-4,6-7H,5H2,(H,24,25,26);1-6,8H,7H2,(H,23,24,25). The number of nitrogens with one attached hydrogen (secondary N) is 2. The minimum absolute atomic E-state index is 0.0446. The molecule has 270 valence electrons. The Morgan fingerprint density at radius 3 is 1.62 bits per heavy atom. The van der Waals surface area contributed by atoms with Crippen molar-refractivity contribution in [1.29, 1.82) is 0 Å². The summed E-state index contributed by atoms with van der Waals surface area (Å²) in [4.78, 5) is 23.4. The minimum Gasteiger partial charge on any atom is -0.303 e. The Balaban J connectivity index is 0.000000164. The van der Waals surface area contributed by atoms with Crippen LogP contribution in [0.3, 0.4) is 0 Å². The molecule has 0 fully saturated rings. The molecule has 8 rings (SSSR count). The molecule has 2 aromatic carbocycles. The van der Waals surface area contributed by atoms with Crippen molar-refractivity contribution in [3.05, 3.63) is 131 Å². The molecule has 0 aliphatic rings. The number of imidazole rings is 2. The Morgan fingerprint density at radius 1 is 0.604 bits per heavy atom. The van der Waals surface area contributed by atoms with Gasteiger partial charge in [-0.1, -0.05) is 36.4 Å². The van der Waals surface area contributed by atoms with Crippen molar-refractivity contribution in [2.24, 2.45) is 0 Å². The smallest absolute Gasteiger partial charge is 0.303 e. The zero-order valence-electron chi connectivity index (χ0n) is 26.3. The summed E-state index contributed by atoms with van der Waals surface area (Å²) in [6, 6.07) is 12.1. The number of benzene rings is 2. The highest BCUT2D eigenvalue weighted by Gasteiger charge is 2.36. The predicted molar refractivity (Wildman–Crippen MR) is 165 cm³/mol. The van der Waals surface area contributed by atoms with E-state index >= 15 is 0 Å². The average molecular weight is 743 g/mol. The molecule has 0 saturated carbocycles. The molecule has 0 aliphatic carbocycles. The summed E-state index contributed by atoms with van der Waals surface area (Å²) in [5, 5.41) is 10.7. The molecule has 0 aliphatic heterocycles. The number of rotatable bonds is 6. The van der Waals surface area contributed by atoms with Gasteiger partial charge in [-0.15, -0.1) is 0 Å². The first-order chi connectivity index (χ1) is 25.2. The molecule has 12 nitrogen and oxygen atoms in total. The van der Waals surface area contributed by atoms with Crippen molar-refractivity contribution in [2.75, 3.05) is 0 Å². The summed E-state index contributed by atoms with van der Waals surface area (Å²) in [6.45, 7) is 0. The van der Waals surface area contributed by atoms with E-state index in [-0.39, 0.29) is 52.8 Å². The number of hydrogen-bond donors (Lipinski definition) is 2. The number of aromatic nitrogens is 12. The third-order valence-electron chi connectivity index (χ3n) is 7.56. The van der Waals surface area contributed by atoms with Gasteiger partial charge in [-0.3, -0.25) is 14.6 Å². The molecule has 0 saturated heterocycles. The molecule has 53 heavy (non-hydrogen) atoms. The van der Waals surface area contributed by atoms with Crippen LogP contribution >= 0.6 is 0 Å². The normalized spacial score (nSPS) is 12.0. The van der Waals surface area contributed by atoms with E-state index in [2.05, 4.69) is 40.1 Å². The van der Waals surface area contributed by atoms with Crippen LogP contribution in [0.1, 0.15) is 34.2 Å². The molecule has 2 N–H and O–H groups in total. The molecule has 8 aromatic rings. The van der Waals surface area contributed by atoms with Crippen LogP contribution in [-0.2, 0) is 25.2 Å². The van der Waals surface area contributed by atoms with Crippen LogP contribution < -0.4 is 0 Å². The molecule has 0 spiro atoms. The lowest BCUT2D eigenvalue weighted by molar-refractivity contribution is -0.145. The van der Waals surface area contributed by atoms with Gasteiger partial charge in [-0.05, 0) is 23.3 Å². The lowest BCUT2D eigenvalue weighted by Gasteiger charge is -2.07. The zero-order chi connectivity index (χ0) is 37.5. The maximum absolute atomic E-state index is 14.0. The first kappa shape index (κ1) is 34.8. The number of fused-ring (bicyclic) bond motifs is 2. The van der Waals surface area contributed by atoms with Crippen LogP contribution in [0.5, 0.6) is 0 Å². The molecule has 0 radical (unpaired) electrons. The van der Waals surface area contributed by atoms with Crippen LogP contribution in [-0.4, -0.2) is 59.1 Å². The van der Waals surface area contributed by atoms with Crippen molar-refractivity contribution in [3.8, 4) is 23.0 Å². The highest BCUT2D eigenvalue weighted by molar-refractivity contribution is 5.56. The van der Waals surface area contributed by atoms with Crippen LogP contribution in [0, 0.1) is 17.6 Å². The maximum atomic E-state index is 14.0. The molecule has 6 heterocycles.